The monoisotopic (exact) mass is 658 g/mol. The van der Waals surface area contributed by atoms with Gasteiger partial charge in [-0.2, -0.15) is 0 Å². The maximum Gasteiger partial charge on any atom is 0.385 e. The number of aliphatic hydroxyl groups is 2. The maximum absolute atomic E-state index is 14.3. The summed E-state index contributed by atoms with van der Waals surface area (Å²) in [7, 11) is -4.17. The number of ether oxygens (including phenoxy) is 3. The molecule has 1 aromatic rings. The van der Waals surface area contributed by atoms with Gasteiger partial charge in [-0.15, -0.1) is 0 Å². The van der Waals surface area contributed by atoms with Crippen molar-refractivity contribution in [2.45, 2.75) is 83.6 Å². The second-order valence-corrected chi connectivity index (χ2v) is 15.6. The highest BCUT2D eigenvalue weighted by atomic mass is 31.2. The molecule has 0 spiro atoms. The summed E-state index contributed by atoms with van der Waals surface area (Å²) in [5, 5.41) is 22.1. The third-order valence-electron chi connectivity index (χ3n) is 11.1. The van der Waals surface area contributed by atoms with Crippen LogP contribution in [-0.4, -0.2) is 77.3 Å². The van der Waals surface area contributed by atoms with Gasteiger partial charge in [-0.05, 0) is 63.2 Å². The largest absolute Gasteiger partial charge is 0.464 e. The van der Waals surface area contributed by atoms with Gasteiger partial charge in [0.05, 0.1) is 18.8 Å². The Kier molecular flexibility index (Phi) is 8.74. The summed E-state index contributed by atoms with van der Waals surface area (Å²) in [5.41, 5.74) is -2.05. The molecule has 46 heavy (non-hydrogen) atoms. The van der Waals surface area contributed by atoms with Crippen molar-refractivity contribution in [3.05, 3.63) is 54.1 Å². The summed E-state index contributed by atoms with van der Waals surface area (Å²) >= 11 is 0. The number of Topliss-reactive ketones (excluding diaryl/α,β-unsaturated/α-hetero) is 1. The first-order chi connectivity index (χ1) is 21.8. The average molecular weight is 659 g/mol. The highest BCUT2D eigenvalue weighted by Gasteiger charge is 2.76. The minimum Gasteiger partial charge on any atom is -0.464 e. The molecule has 0 bridgehead atoms. The van der Waals surface area contributed by atoms with Crippen LogP contribution in [0, 0.1) is 28.6 Å². The van der Waals surface area contributed by atoms with Crippen molar-refractivity contribution in [3.8, 4) is 5.75 Å². The molecular formula is C34H43O11P. The van der Waals surface area contributed by atoms with E-state index in [-0.39, 0.29) is 42.3 Å². The quantitative estimate of drug-likeness (QED) is 0.212. The lowest BCUT2D eigenvalue weighted by molar-refractivity contribution is -0.195. The van der Waals surface area contributed by atoms with Crippen LogP contribution in [-0.2, 0) is 37.7 Å². The molecule has 1 aromatic carbocycles. The Labute approximate surface area is 268 Å². The number of esters is 1. The van der Waals surface area contributed by atoms with E-state index in [0.29, 0.717) is 19.3 Å². The molecule has 5 aliphatic rings. The van der Waals surface area contributed by atoms with Crippen LogP contribution in [0.15, 0.2) is 54.1 Å². The second kappa shape index (κ2) is 12.1. The van der Waals surface area contributed by atoms with E-state index >= 15 is 0 Å². The van der Waals surface area contributed by atoms with Gasteiger partial charge in [-0.3, -0.25) is 14.1 Å². The maximum atomic E-state index is 14.3. The first-order valence-electron chi connectivity index (χ1n) is 16.1. The van der Waals surface area contributed by atoms with E-state index in [9.17, 15) is 29.2 Å². The molecule has 0 amide bonds. The van der Waals surface area contributed by atoms with Crippen molar-refractivity contribution in [1.29, 1.82) is 0 Å². The van der Waals surface area contributed by atoms with E-state index < -0.39 is 73.2 Å². The van der Waals surface area contributed by atoms with Gasteiger partial charge in [-0.1, -0.05) is 49.8 Å². The van der Waals surface area contributed by atoms with Crippen LogP contribution in [0.1, 0.15) is 53.4 Å². The van der Waals surface area contributed by atoms with Gasteiger partial charge in [0.2, 0.25) is 0 Å². The number of hydrogen-bond acceptors (Lipinski definition) is 11. The number of benzene rings is 1. The molecule has 0 aromatic heterocycles. The summed E-state index contributed by atoms with van der Waals surface area (Å²) in [6, 6.07) is 8.36. The molecule has 11 atom stereocenters. The number of allylic oxidation sites excluding steroid dienone is 4. The Morgan fingerprint density at radius 2 is 1.93 bits per heavy atom. The number of aliphatic hydroxyl groups excluding tert-OH is 2. The summed E-state index contributed by atoms with van der Waals surface area (Å²) in [5.74, 6) is -1.34. The van der Waals surface area contributed by atoms with Gasteiger partial charge in [-0.25, -0.2) is 9.36 Å². The second-order valence-electron chi connectivity index (χ2n) is 13.6. The fraction of sp³-hybridized carbons (Fsp3) is 0.618. The molecule has 11 nitrogen and oxygen atoms in total. The number of carbonyl (C=O) groups excluding carboxylic acids is 3. The average Bonchev–Trinajstić information content (AvgIpc) is 3.48. The molecule has 250 valence electrons. The Morgan fingerprint density at radius 3 is 2.63 bits per heavy atom. The third-order valence-corrected chi connectivity index (χ3v) is 13.0. The Balaban J connectivity index is 1.30. The first kappa shape index (κ1) is 33.2. The van der Waals surface area contributed by atoms with E-state index in [0.717, 1.165) is 5.57 Å². The topological polar surface area (TPSA) is 155 Å². The number of hydrogen-bond donors (Lipinski definition) is 2. The van der Waals surface area contributed by atoms with Crippen molar-refractivity contribution < 1.29 is 52.4 Å². The summed E-state index contributed by atoms with van der Waals surface area (Å²) in [4.78, 5) is 38.5. The molecule has 6 rings (SSSR count). The predicted molar refractivity (Wildman–Crippen MR) is 165 cm³/mol. The highest BCUT2D eigenvalue weighted by Crippen LogP contribution is 2.69. The fourth-order valence-corrected chi connectivity index (χ4v) is 11.0. The van der Waals surface area contributed by atoms with E-state index in [1.54, 1.807) is 43.3 Å². The van der Waals surface area contributed by atoms with Crippen molar-refractivity contribution in [1.82, 2.24) is 0 Å². The number of ketones is 2. The zero-order valence-electron chi connectivity index (χ0n) is 26.6. The zero-order chi connectivity index (χ0) is 33.1. The number of para-hydroxylation sites is 1. The standard InChI is InChI=1S/C34H43O11P/c1-5-41-31(39)20(2)44-46(40,45-23-9-7-6-8-10-23)19-29-42-28-16-25-24-12-11-21-15-22(36)13-14-32(21,3)30(24)26(37)17-33(25,4)34(28,43-29)27(38)18-35/h6-11,13-14,20,24-26,28-30,35,37H,5,12,15-19H2,1-4H3/t20-,24+,25+,26+,28-,29?,30-,32+,33+,34-,46?/m1/s1. The van der Waals surface area contributed by atoms with E-state index in [1.807, 2.05) is 13.0 Å². The van der Waals surface area contributed by atoms with Crippen LogP contribution in [0.5, 0.6) is 5.75 Å². The molecular weight excluding hydrogens is 615 g/mol. The minimum atomic E-state index is -4.17. The summed E-state index contributed by atoms with van der Waals surface area (Å²) in [6.07, 6.45) is 2.68. The van der Waals surface area contributed by atoms with Crippen LogP contribution < -0.4 is 4.52 Å². The van der Waals surface area contributed by atoms with E-state index in [1.165, 1.54) is 6.92 Å². The smallest absolute Gasteiger partial charge is 0.385 e. The Bertz CT molecular complexity index is 1490. The highest BCUT2D eigenvalue weighted by molar-refractivity contribution is 7.54. The molecule has 2 N–H and O–H groups in total. The number of fused-ring (bicyclic) bond motifs is 7. The summed E-state index contributed by atoms with van der Waals surface area (Å²) < 4.78 is 43.8. The minimum absolute atomic E-state index is 0.0405. The molecule has 1 saturated heterocycles. The SMILES string of the molecule is CCOC(=O)[C@@H](C)OP(=O)(CC1O[C@@H]2C[C@H]3[C@@H]4CC=C5CC(=O)C=C[C@]5(C)[C@H]4[C@@H](O)C[C@]3(C)[C@]2(C(=O)CO)O1)Oc1ccccc1. The number of carbonyl (C=O) groups is 3. The van der Waals surface area contributed by atoms with Gasteiger partial charge in [0.15, 0.2) is 29.6 Å². The van der Waals surface area contributed by atoms with Gasteiger partial charge >= 0.3 is 13.6 Å². The molecule has 1 aliphatic heterocycles. The molecule has 2 unspecified atom stereocenters. The summed E-state index contributed by atoms with van der Waals surface area (Å²) in [6.45, 7) is 6.34. The van der Waals surface area contributed by atoms with Gasteiger partial charge in [0, 0.05) is 23.2 Å². The Morgan fingerprint density at radius 1 is 1.20 bits per heavy atom. The van der Waals surface area contributed by atoms with Crippen molar-refractivity contribution in [2.24, 2.45) is 28.6 Å². The molecule has 12 heteroatoms. The van der Waals surface area contributed by atoms with Crippen molar-refractivity contribution >= 4 is 25.1 Å². The van der Waals surface area contributed by atoms with Crippen LogP contribution >= 0.6 is 7.60 Å². The van der Waals surface area contributed by atoms with Crippen LogP contribution in [0.2, 0.25) is 0 Å². The lowest BCUT2D eigenvalue weighted by Gasteiger charge is -2.59. The lowest BCUT2D eigenvalue weighted by Crippen LogP contribution is -2.63. The molecule has 0 radical (unpaired) electrons. The van der Waals surface area contributed by atoms with Crippen molar-refractivity contribution in [3.63, 3.8) is 0 Å². The van der Waals surface area contributed by atoms with Gasteiger partial charge in [0.1, 0.15) is 18.5 Å². The number of rotatable bonds is 10. The lowest BCUT2D eigenvalue weighted by atomic mass is 9.47. The normalized spacial score (nSPS) is 39.6. The zero-order valence-corrected chi connectivity index (χ0v) is 27.5. The van der Waals surface area contributed by atoms with Crippen LogP contribution in [0.4, 0.5) is 0 Å². The Hall–Kier alpha value is -2.66. The third kappa shape index (κ3) is 5.24. The van der Waals surface area contributed by atoms with Gasteiger partial charge in [0.25, 0.3) is 0 Å². The van der Waals surface area contributed by atoms with Crippen molar-refractivity contribution in [2.75, 3.05) is 19.4 Å². The predicted octanol–water partition coefficient (Wildman–Crippen LogP) is 4.16. The molecule has 2 saturated carbocycles. The van der Waals surface area contributed by atoms with Crippen LogP contribution in [0.3, 0.4) is 0 Å². The van der Waals surface area contributed by atoms with E-state index in [2.05, 4.69) is 13.0 Å². The van der Waals surface area contributed by atoms with Gasteiger partial charge < -0.3 is 28.9 Å². The molecule has 1 heterocycles. The molecule has 4 aliphatic carbocycles. The fourth-order valence-electron chi connectivity index (χ4n) is 9.22. The first-order valence-corrected chi connectivity index (χ1v) is 17.8. The molecule has 3 fully saturated rings. The van der Waals surface area contributed by atoms with Crippen LogP contribution in [0.25, 0.3) is 0 Å². The van der Waals surface area contributed by atoms with E-state index in [4.69, 9.17) is 23.3 Å².